The van der Waals surface area contributed by atoms with Crippen molar-refractivity contribution in [3.05, 3.63) is 105 Å². The van der Waals surface area contributed by atoms with Crippen LogP contribution in [0.25, 0.3) is 6.08 Å². The molecule has 9 heteroatoms. The van der Waals surface area contributed by atoms with Crippen LogP contribution >= 0.6 is 0 Å². The molecular formula is C24H18N4O5. The van der Waals surface area contributed by atoms with Crippen molar-refractivity contribution < 1.29 is 19.6 Å². The zero-order valence-corrected chi connectivity index (χ0v) is 17.5. The van der Waals surface area contributed by atoms with Crippen LogP contribution in [0.5, 0.6) is 11.5 Å². The number of rotatable bonds is 6. The van der Waals surface area contributed by atoms with E-state index in [9.17, 15) is 20.0 Å². The number of aromatic hydroxyl groups is 1. The van der Waals surface area contributed by atoms with Crippen molar-refractivity contribution in [1.29, 1.82) is 0 Å². The third-order valence-corrected chi connectivity index (χ3v) is 4.82. The first-order valence-corrected chi connectivity index (χ1v) is 9.82. The number of aliphatic imine (C=N–C) groups is 1. The lowest BCUT2D eigenvalue weighted by molar-refractivity contribution is -0.385. The summed E-state index contributed by atoms with van der Waals surface area (Å²) in [6.07, 6.45) is 2.81. The van der Waals surface area contributed by atoms with Crippen LogP contribution in [0.2, 0.25) is 0 Å². The van der Waals surface area contributed by atoms with Crippen molar-refractivity contribution in [2.45, 2.75) is 0 Å². The van der Waals surface area contributed by atoms with E-state index in [1.54, 1.807) is 54.6 Å². The number of hydrogen-bond acceptors (Lipinski definition) is 7. The summed E-state index contributed by atoms with van der Waals surface area (Å²) < 4.78 is 5.10. The van der Waals surface area contributed by atoms with Gasteiger partial charge in [-0.3, -0.25) is 14.9 Å². The monoisotopic (exact) mass is 442 g/mol. The number of amidine groups is 1. The number of nitro benzene ring substituents is 1. The Morgan fingerprint density at radius 2 is 1.82 bits per heavy atom. The molecule has 0 aliphatic carbocycles. The Labute approximate surface area is 188 Å². The largest absolute Gasteiger partial charge is 0.504 e. The van der Waals surface area contributed by atoms with Crippen LogP contribution in [0.3, 0.4) is 0 Å². The van der Waals surface area contributed by atoms with E-state index in [1.165, 1.54) is 31.5 Å². The first-order chi connectivity index (χ1) is 16.0. The molecule has 0 aromatic heterocycles. The van der Waals surface area contributed by atoms with E-state index in [-0.39, 0.29) is 34.3 Å². The van der Waals surface area contributed by atoms with Crippen molar-refractivity contribution >= 4 is 29.7 Å². The van der Waals surface area contributed by atoms with E-state index in [1.807, 2.05) is 6.07 Å². The first kappa shape index (κ1) is 21.4. The fraction of sp³-hybridized carbons (Fsp3) is 0.0417. The minimum atomic E-state index is -0.533. The Balaban J connectivity index is 1.75. The molecule has 1 aliphatic rings. The molecule has 1 heterocycles. The van der Waals surface area contributed by atoms with Crippen molar-refractivity contribution in [3.8, 4) is 11.5 Å². The molecule has 3 aromatic rings. The second kappa shape index (κ2) is 9.15. The van der Waals surface area contributed by atoms with E-state index in [2.05, 4.69) is 10.1 Å². The normalized spacial score (nSPS) is 14.7. The number of hydrogen-bond donors (Lipinski definition) is 1. The summed E-state index contributed by atoms with van der Waals surface area (Å²) in [5.74, 6) is -0.00448. The average Bonchev–Trinajstić information content (AvgIpc) is 3.14. The average molecular weight is 442 g/mol. The van der Waals surface area contributed by atoms with Crippen molar-refractivity contribution in [2.24, 2.45) is 10.1 Å². The van der Waals surface area contributed by atoms with Crippen molar-refractivity contribution in [1.82, 2.24) is 5.01 Å². The molecule has 0 radical (unpaired) electrons. The lowest BCUT2D eigenvalue weighted by atomic mass is 10.1. The molecule has 1 amide bonds. The zero-order chi connectivity index (χ0) is 23.4. The highest BCUT2D eigenvalue weighted by atomic mass is 16.6. The molecular weight excluding hydrogens is 424 g/mol. The van der Waals surface area contributed by atoms with Gasteiger partial charge in [0.15, 0.2) is 17.3 Å². The maximum atomic E-state index is 13.2. The van der Waals surface area contributed by atoms with Crippen LogP contribution in [-0.2, 0) is 4.79 Å². The Bertz CT molecular complexity index is 1320. The van der Waals surface area contributed by atoms with Gasteiger partial charge in [0.1, 0.15) is 5.70 Å². The zero-order valence-electron chi connectivity index (χ0n) is 17.5. The van der Waals surface area contributed by atoms with Gasteiger partial charge in [-0.15, -0.1) is 0 Å². The quantitative estimate of drug-likeness (QED) is 0.268. The van der Waals surface area contributed by atoms with Crippen LogP contribution in [-0.4, -0.2) is 40.1 Å². The van der Waals surface area contributed by atoms with Gasteiger partial charge < -0.3 is 9.84 Å². The molecule has 3 aromatic carbocycles. The molecule has 33 heavy (non-hydrogen) atoms. The molecule has 9 nitrogen and oxygen atoms in total. The summed E-state index contributed by atoms with van der Waals surface area (Å²) in [5.41, 5.74) is 1.38. The smallest absolute Gasteiger partial charge is 0.298 e. The first-order valence-electron chi connectivity index (χ1n) is 9.82. The predicted octanol–water partition coefficient (Wildman–Crippen LogP) is 3.97. The molecule has 0 atom stereocenters. The van der Waals surface area contributed by atoms with Gasteiger partial charge in [0, 0.05) is 11.6 Å². The van der Waals surface area contributed by atoms with E-state index < -0.39 is 10.8 Å². The number of nitrogens with zero attached hydrogens (tertiary/aromatic N) is 4. The molecule has 0 saturated carbocycles. The van der Waals surface area contributed by atoms with Crippen LogP contribution in [0, 0.1) is 10.1 Å². The maximum Gasteiger partial charge on any atom is 0.298 e. The summed E-state index contributed by atoms with van der Waals surface area (Å²) in [4.78, 5) is 28.4. The second-order valence-electron chi connectivity index (χ2n) is 6.94. The summed E-state index contributed by atoms with van der Waals surface area (Å²) in [6.45, 7) is 0. The molecule has 0 fully saturated rings. The predicted molar refractivity (Wildman–Crippen MR) is 123 cm³/mol. The lowest BCUT2D eigenvalue weighted by Crippen LogP contribution is -2.27. The number of ether oxygens (including phenoxy) is 1. The van der Waals surface area contributed by atoms with E-state index in [4.69, 9.17) is 4.74 Å². The standard InChI is InChI=1S/C24H18N4O5/c1-33-22-13-16(11-12-21(22)29)15-25-27-23(17-7-3-2-4-8-17)26-19(24(27)30)14-18-9-5-6-10-20(18)28(31)32/h2-15,29H,1H3. The number of nitro groups is 1. The van der Waals surface area contributed by atoms with E-state index in [0.29, 0.717) is 11.1 Å². The topological polar surface area (TPSA) is 118 Å². The van der Waals surface area contributed by atoms with Crippen LogP contribution < -0.4 is 4.74 Å². The van der Waals surface area contributed by atoms with Crippen LogP contribution in [0.1, 0.15) is 16.7 Å². The number of carbonyl (C=O) groups excluding carboxylic acids is 1. The number of benzene rings is 3. The maximum absolute atomic E-state index is 13.2. The number of phenolic OH excluding ortho intramolecular Hbond substituents is 1. The van der Waals surface area contributed by atoms with Crippen molar-refractivity contribution in [2.75, 3.05) is 7.11 Å². The highest BCUT2D eigenvalue weighted by Gasteiger charge is 2.31. The molecule has 1 N–H and O–H groups in total. The number of hydrazone groups is 1. The van der Waals surface area contributed by atoms with Gasteiger partial charge in [-0.2, -0.15) is 10.1 Å². The fourth-order valence-corrected chi connectivity index (χ4v) is 3.21. The minimum absolute atomic E-state index is 0.0172. The summed E-state index contributed by atoms with van der Waals surface area (Å²) in [7, 11) is 1.43. The molecule has 0 unspecified atom stereocenters. The van der Waals surface area contributed by atoms with Crippen molar-refractivity contribution in [3.63, 3.8) is 0 Å². The van der Waals surface area contributed by atoms with Gasteiger partial charge in [0.2, 0.25) is 0 Å². The summed E-state index contributed by atoms with van der Waals surface area (Å²) in [6, 6.07) is 19.8. The van der Waals surface area contributed by atoms with Gasteiger partial charge in [0.05, 0.1) is 23.8 Å². The van der Waals surface area contributed by atoms with Gasteiger partial charge >= 0.3 is 0 Å². The number of methoxy groups -OCH3 is 1. The highest BCUT2D eigenvalue weighted by molar-refractivity contribution is 6.20. The number of para-hydroxylation sites is 1. The highest BCUT2D eigenvalue weighted by Crippen LogP contribution is 2.27. The number of carbonyl (C=O) groups is 1. The van der Waals surface area contributed by atoms with E-state index >= 15 is 0 Å². The summed E-state index contributed by atoms with van der Waals surface area (Å²) in [5, 5.41) is 26.6. The fourth-order valence-electron chi connectivity index (χ4n) is 3.21. The second-order valence-corrected chi connectivity index (χ2v) is 6.94. The number of phenols is 1. The third kappa shape index (κ3) is 4.47. The van der Waals surface area contributed by atoms with Gasteiger partial charge in [0.25, 0.3) is 11.6 Å². The Morgan fingerprint density at radius 1 is 1.09 bits per heavy atom. The van der Waals surface area contributed by atoms with Crippen LogP contribution in [0.4, 0.5) is 5.69 Å². The molecule has 0 bridgehead atoms. The lowest BCUT2D eigenvalue weighted by Gasteiger charge is -2.12. The minimum Gasteiger partial charge on any atom is -0.504 e. The Hall–Kier alpha value is -4.79. The van der Waals surface area contributed by atoms with Gasteiger partial charge in [-0.1, -0.05) is 42.5 Å². The molecule has 4 rings (SSSR count). The van der Waals surface area contributed by atoms with E-state index in [0.717, 1.165) is 5.01 Å². The Morgan fingerprint density at radius 3 is 2.55 bits per heavy atom. The summed E-state index contributed by atoms with van der Waals surface area (Å²) >= 11 is 0. The van der Waals surface area contributed by atoms with Gasteiger partial charge in [-0.25, -0.2) is 4.99 Å². The molecule has 164 valence electrons. The molecule has 0 spiro atoms. The SMILES string of the molecule is COc1cc(C=NN2C(=O)C(=Cc3ccccc3[N+](=O)[O-])N=C2c2ccccc2)ccc1O. The molecule has 1 aliphatic heterocycles. The Kier molecular flexibility index (Phi) is 5.94. The van der Waals surface area contributed by atoms with Gasteiger partial charge in [-0.05, 0) is 35.9 Å². The number of amides is 1. The van der Waals surface area contributed by atoms with Crippen LogP contribution in [0.15, 0.2) is 88.6 Å². The molecule has 0 saturated heterocycles. The third-order valence-electron chi connectivity index (χ3n) is 4.82.